The van der Waals surface area contributed by atoms with Gasteiger partial charge in [0.05, 0.1) is 5.69 Å². The Morgan fingerprint density at radius 3 is 2.35 bits per heavy atom. The maximum Gasteiger partial charge on any atom is 0.446 e. The summed E-state index contributed by atoms with van der Waals surface area (Å²) in [5, 5.41) is 1.72. The average Bonchev–Trinajstić information content (AvgIpc) is 2.18. The molecule has 1 N–H and O–H groups in total. The van der Waals surface area contributed by atoms with Gasteiger partial charge < -0.3 is 5.32 Å². The van der Waals surface area contributed by atoms with Gasteiger partial charge >= 0.3 is 11.9 Å². The number of carbonyl (C=O) groups is 1. The quantitative estimate of drug-likeness (QED) is 0.673. The molecule has 0 unspecified atom stereocenters. The van der Waals surface area contributed by atoms with Gasteiger partial charge in [0.25, 0.3) is 5.91 Å². The maximum absolute atomic E-state index is 12.1. The molecule has 0 heterocycles. The first-order valence-electron chi connectivity index (χ1n) is 4.23. The lowest BCUT2D eigenvalue weighted by Gasteiger charge is -2.11. The minimum atomic E-state index is -4.55. The van der Waals surface area contributed by atoms with E-state index in [0.717, 1.165) is 12.1 Å². The van der Waals surface area contributed by atoms with E-state index in [9.17, 15) is 26.7 Å². The van der Waals surface area contributed by atoms with Gasteiger partial charge in [-0.1, -0.05) is 12.1 Å². The standard InChI is InChI=1S/C9H6F5NOS/c10-7(11)8(16)15-5-3-1-2-4-6(5)17-9(12,13)14/h1-4,7H,(H,15,16). The molecule has 1 amide bonds. The Morgan fingerprint density at radius 2 is 1.82 bits per heavy atom. The number of halogens is 5. The fourth-order valence-electron chi connectivity index (χ4n) is 0.971. The highest BCUT2D eigenvalue weighted by molar-refractivity contribution is 8.00. The smallest absolute Gasteiger partial charge is 0.320 e. The van der Waals surface area contributed by atoms with E-state index in [-0.39, 0.29) is 10.6 Å². The number of hydrogen-bond donors (Lipinski definition) is 1. The van der Waals surface area contributed by atoms with E-state index >= 15 is 0 Å². The molecule has 0 spiro atoms. The summed E-state index contributed by atoms with van der Waals surface area (Å²) in [7, 11) is 0. The van der Waals surface area contributed by atoms with Crippen LogP contribution in [0, 0.1) is 0 Å². The molecule has 8 heteroatoms. The number of thioether (sulfide) groups is 1. The molecule has 0 atom stereocenters. The lowest BCUT2D eigenvalue weighted by Crippen LogP contribution is -2.20. The number of anilines is 1. The summed E-state index contributed by atoms with van der Waals surface area (Å²) in [5.74, 6) is -1.64. The van der Waals surface area contributed by atoms with Crippen LogP contribution in [0.15, 0.2) is 29.2 Å². The number of carbonyl (C=O) groups excluding carboxylic acids is 1. The summed E-state index contributed by atoms with van der Waals surface area (Å²) < 4.78 is 60.2. The molecule has 94 valence electrons. The van der Waals surface area contributed by atoms with Gasteiger partial charge in [-0.05, 0) is 23.9 Å². The van der Waals surface area contributed by atoms with E-state index in [0.29, 0.717) is 0 Å². The zero-order valence-electron chi connectivity index (χ0n) is 8.09. The Bertz CT molecular complexity index is 407. The number of benzene rings is 1. The second-order valence-corrected chi connectivity index (χ2v) is 3.94. The first-order chi connectivity index (χ1) is 7.79. The van der Waals surface area contributed by atoms with Gasteiger partial charge in [0.15, 0.2) is 0 Å². The number of nitrogens with one attached hydrogen (secondary N) is 1. The minimum absolute atomic E-state index is 0.292. The predicted octanol–water partition coefficient (Wildman–Crippen LogP) is 3.50. The van der Waals surface area contributed by atoms with Crippen molar-refractivity contribution in [2.24, 2.45) is 0 Å². The van der Waals surface area contributed by atoms with Crippen molar-refractivity contribution in [2.75, 3.05) is 5.32 Å². The van der Waals surface area contributed by atoms with Crippen molar-refractivity contribution >= 4 is 23.4 Å². The molecule has 0 bridgehead atoms. The largest absolute Gasteiger partial charge is 0.446 e. The van der Waals surface area contributed by atoms with Crippen molar-refractivity contribution in [3.63, 3.8) is 0 Å². The first kappa shape index (κ1) is 13.8. The SMILES string of the molecule is O=C(Nc1ccccc1SC(F)(F)F)C(F)F. The second kappa shape index (κ2) is 5.35. The molecule has 0 aliphatic carbocycles. The van der Waals surface area contributed by atoms with E-state index in [1.165, 1.54) is 12.1 Å². The summed E-state index contributed by atoms with van der Waals surface area (Å²) in [6.07, 6.45) is -3.28. The normalized spacial score (nSPS) is 11.6. The van der Waals surface area contributed by atoms with Crippen molar-refractivity contribution in [3.8, 4) is 0 Å². The van der Waals surface area contributed by atoms with Gasteiger partial charge in [-0.2, -0.15) is 22.0 Å². The van der Waals surface area contributed by atoms with Crippen LogP contribution in [0.5, 0.6) is 0 Å². The van der Waals surface area contributed by atoms with Crippen LogP contribution in [-0.4, -0.2) is 17.8 Å². The molecule has 0 fully saturated rings. The van der Waals surface area contributed by atoms with Crippen molar-refractivity contribution < 1.29 is 26.7 Å². The van der Waals surface area contributed by atoms with E-state index in [1.54, 1.807) is 5.32 Å². The number of alkyl halides is 5. The zero-order chi connectivity index (χ0) is 13.1. The third-order valence-corrected chi connectivity index (χ3v) is 2.38. The van der Waals surface area contributed by atoms with Gasteiger partial charge in [0.2, 0.25) is 0 Å². The third-order valence-electron chi connectivity index (χ3n) is 1.57. The second-order valence-electron chi connectivity index (χ2n) is 2.83. The van der Waals surface area contributed by atoms with Crippen LogP contribution >= 0.6 is 11.8 Å². The van der Waals surface area contributed by atoms with Crippen LogP contribution in [0.2, 0.25) is 0 Å². The molecule has 0 aliphatic heterocycles. The molecule has 1 rings (SSSR count). The van der Waals surface area contributed by atoms with Gasteiger partial charge in [-0.15, -0.1) is 0 Å². The Kier molecular flexibility index (Phi) is 4.33. The van der Waals surface area contributed by atoms with Crippen molar-refractivity contribution in [3.05, 3.63) is 24.3 Å². The summed E-state index contributed by atoms with van der Waals surface area (Å²) in [6.45, 7) is 0. The van der Waals surface area contributed by atoms with Crippen LogP contribution in [0.4, 0.5) is 27.6 Å². The van der Waals surface area contributed by atoms with Crippen LogP contribution in [0.3, 0.4) is 0 Å². The number of para-hydroxylation sites is 1. The van der Waals surface area contributed by atoms with E-state index in [1.807, 2.05) is 0 Å². The summed E-state index contributed by atoms with van der Waals surface area (Å²) >= 11 is -0.479. The molecular weight excluding hydrogens is 265 g/mol. The van der Waals surface area contributed by atoms with E-state index in [4.69, 9.17) is 0 Å². The Balaban J connectivity index is 2.89. The number of hydrogen-bond acceptors (Lipinski definition) is 2. The highest BCUT2D eigenvalue weighted by Crippen LogP contribution is 2.40. The van der Waals surface area contributed by atoms with E-state index < -0.39 is 29.6 Å². The fourth-order valence-corrected chi connectivity index (χ4v) is 1.60. The van der Waals surface area contributed by atoms with Gasteiger partial charge in [0, 0.05) is 4.90 Å². The topological polar surface area (TPSA) is 29.1 Å². The highest BCUT2D eigenvalue weighted by atomic mass is 32.2. The predicted molar refractivity (Wildman–Crippen MR) is 53.0 cm³/mol. The monoisotopic (exact) mass is 271 g/mol. The van der Waals surface area contributed by atoms with Crippen LogP contribution in [0.1, 0.15) is 0 Å². The third kappa shape index (κ3) is 4.59. The van der Waals surface area contributed by atoms with Crippen LogP contribution in [0.25, 0.3) is 0 Å². The molecule has 1 aromatic carbocycles. The lowest BCUT2D eigenvalue weighted by atomic mass is 10.3. The zero-order valence-corrected chi connectivity index (χ0v) is 8.91. The Hall–Kier alpha value is -1.31. The maximum atomic E-state index is 12.1. The van der Waals surface area contributed by atoms with Gasteiger partial charge in [-0.3, -0.25) is 4.79 Å². The molecule has 17 heavy (non-hydrogen) atoms. The van der Waals surface area contributed by atoms with Crippen molar-refractivity contribution in [1.82, 2.24) is 0 Å². The Labute approximate surface area is 97.2 Å². The molecule has 0 aliphatic rings. The summed E-state index contributed by atoms with van der Waals surface area (Å²) in [5.41, 5.74) is -4.84. The highest BCUT2D eigenvalue weighted by Gasteiger charge is 2.30. The summed E-state index contributed by atoms with van der Waals surface area (Å²) in [6, 6.07) is 4.85. The molecule has 2 nitrogen and oxygen atoms in total. The van der Waals surface area contributed by atoms with Crippen LogP contribution < -0.4 is 5.32 Å². The number of amides is 1. The molecule has 0 aromatic heterocycles. The molecule has 0 saturated carbocycles. The van der Waals surface area contributed by atoms with Crippen molar-refractivity contribution in [2.45, 2.75) is 16.8 Å². The minimum Gasteiger partial charge on any atom is -0.320 e. The fraction of sp³-hybridized carbons (Fsp3) is 0.222. The lowest BCUT2D eigenvalue weighted by molar-refractivity contribution is -0.126. The first-order valence-corrected chi connectivity index (χ1v) is 5.05. The molecular formula is C9H6F5NOS. The Morgan fingerprint density at radius 1 is 1.24 bits per heavy atom. The average molecular weight is 271 g/mol. The van der Waals surface area contributed by atoms with Gasteiger partial charge in [0.1, 0.15) is 0 Å². The molecule has 0 radical (unpaired) electrons. The summed E-state index contributed by atoms with van der Waals surface area (Å²) in [4.78, 5) is 10.3. The molecule has 1 aromatic rings. The van der Waals surface area contributed by atoms with Crippen molar-refractivity contribution in [1.29, 1.82) is 0 Å². The van der Waals surface area contributed by atoms with Crippen LogP contribution in [-0.2, 0) is 4.79 Å². The molecule has 0 saturated heterocycles. The van der Waals surface area contributed by atoms with Gasteiger partial charge in [-0.25, -0.2) is 0 Å². The van der Waals surface area contributed by atoms with E-state index in [2.05, 4.69) is 0 Å². The number of rotatable bonds is 3.